The summed E-state index contributed by atoms with van der Waals surface area (Å²) in [5, 5.41) is 23.1. The highest BCUT2D eigenvalue weighted by Crippen LogP contribution is 2.17. The molecule has 2 unspecified atom stereocenters. The van der Waals surface area contributed by atoms with Crippen LogP contribution >= 0.6 is 0 Å². The highest BCUT2D eigenvalue weighted by Gasteiger charge is 2.20. The summed E-state index contributed by atoms with van der Waals surface area (Å²) >= 11 is 0. The number of hydrogen-bond donors (Lipinski definition) is 3. The summed E-state index contributed by atoms with van der Waals surface area (Å²) < 4.78 is 5.47. The predicted octanol–water partition coefficient (Wildman–Crippen LogP) is 14.8. The molecule has 0 aliphatic carbocycles. The standard InChI is InChI=1S/C50H99NO5/c1-3-5-7-9-11-13-15-16-17-18-19-20-21-22-23-28-32-36-40-44-50(55)56-45-41-37-33-29-25-24-27-31-35-39-43-49(54)51-47(46-52)48(53)42-38-34-30-26-14-12-10-8-6-4-2/h47-48,52-53H,3-46H2,1-2H3,(H,51,54). The topological polar surface area (TPSA) is 95.9 Å². The molecule has 0 bridgehead atoms. The zero-order valence-electron chi connectivity index (χ0n) is 37.9. The molecule has 0 saturated carbocycles. The fraction of sp³-hybridized carbons (Fsp3) is 0.960. The summed E-state index contributed by atoms with van der Waals surface area (Å²) in [7, 11) is 0. The summed E-state index contributed by atoms with van der Waals surface area (Å²) in [5.41, 5.74) is 0. The first-order valence-electron chi connectivity index (χ1n) is 25.3. The molecule has 3 N–H and O–H groups in total. The highest BCUT2D eigenvalue weighted by atomic mass is 16.5. The smallest absolute Gasteiger partial charge is 0.305 e. The molecule has 6 heteroatoms. The minimum absolute atomic E-state index is 0.0140. The molecule has 334 valence electrons. The van der Waals surface area contributed by atoms with Crippen LogP contribution in [0.1, 0.15) is 284 Å². The number of rotatable bonds is 47. The molecule has 0 rings (SSSR count). The molecule has 56 heavy (non-hydrogen) atoms. The van der Waals surface area contributed by atoms with E-state index in [0.29, 0.717) is 25.9 Å². The van der Waals surface area contributed by atoms with E-state index in [4.69, 9.17) is 4.74 Å². The van der Waals surface area contributed by atoms with Crippen molar-refractivity contribution in [2.24, 2.45) is 0 Å². The Morgan fingerprint density at radius 2 is 0.732 bits per heavy atom. The number of aliphatic hydroxyl groups excluding tert-OH is 2. The molecule has 0 spiro atoms. The second-order valence-electron chi connectivity index (χ2n) is 17.5. The third-order valence-electron chi connectivity index (χ3n) is 11.9. The van der Waals surface area contributed by atoms with Crippen molar-refractivity contribution in [3.05, 3.63) is 0 Å². The van der Waals surface area contributed by atoms with Crippen molar-refractivity contribution in [1.29, 1.82) is 0 Å². The second-order valence-corrected chi connectivity index (χ2v) is 17.5. The van der Waals surface area contributed by atoms with Gasteiger partial charge in [-0.1, -0.05) is 245 Å². The normalized spacial score (nSPS) is 12.6. The van der Waals surface area contributed by atoms with Gasteiger partial charge in [-0.15, -0.1) is 0 Å². The van der Waals surface area contributed by atoms with Crippen LogP contribution in [0.2, 0.25) is 0 Å². The van der Waals surface area contributed by atoms with Gasteiger partial charge in [-0.2, -0.15) is 0 Å². The SMILES string of the molecule is CCCCCCCCCCCCCCCCCCCCCC(=O)OCCCCCCCCCCCCC(=O)NC(CO)C(O)CCCCCCCCCCCC. The van der Waals surface area contributed by atoms with Crippen LogP contribution in [0.15, 0.2) is 0 Å². The van der Waals surface area contributed by atoms with E-state index in [9.17, 15) is 19.8 Å². The van der Waals surface area contributed by atoms with Gasteiger partial charge in [-0.05, 0) is 25.7 Å². The minimum atomic E-state index is -0.675. The molecular weight excluding hydrogens is 695 g/mol. The maximum Gasteiger partial charge on any atom is 0.305 e. The Balaban J connectivity index is 3.41. The van der Waals surface area contributed by atoms with Gasteiger partial charge < -0.3 is 20.3 Å². The monoisotopic (exact) mass is 794 g/mol. The molecule has 0 fully saturated rings. The van der Waals surface area contributed by atoms with Crippen molar-refractivity contribution in [2.45, 2.75) is 296 Å². The van der Waals surface area contributed by atoms with Gasteiger partial charge in [-0.3, -0.25) is 9.59 Å². The fourth-order valence-electron chi connectivity index (χ4n) is 7.99. The van der Waals surface area contributed by atoms with E-state index >= 15 is 0 Å². The van der Waals surface area contributed by atoms with E-state index in [1.807, 2.05) is 0 Å². The zero-order chi connectivity index (χ0) is 40.8. The molecule has 0 radical (unpaired) electrons. The second kappa shape index (κ2) is 46.5. The Labute approximate surface area is 349 Å². The van der Waals surface area contributed by atoms with Gasteiger partial charge >= 0.3 is 5.97 Å². The van der Waals surface area contributed by atoms with Gasteiger partial charge in [0.15, 0.2) is 0 Å². The molecule has 1 amide bonds. The highest BCUT2D eigenvalue weighted by molar-refractivity contribution is 5.76. The number of esters is 1. The number of amides is 1. The number of carbonyl (C=O) groups excluding carboxylic acids is 2. The van der Waals surface area contributed by atoms with E-state index in [-0.39, 0.29) is 18.5 Å². The van der Waals surface area contributed by atoms with Gasteiger partial charge in [0.1, 0.15) is 0 Å². The summed E-state index contributed by atoms with van der Waals surface area (Å²) in [4.78, 5) is 24.4. The lowest BCUT2D eigenvalue weighted by Gasteiger charge is -2.22. The molecule has 2 atom stereocenters. The van der Waals surface area contributed by atoms with Crippen LogP contribution in [0.4, 0.5) is 0 Å². The molecule has 0 aromatic carbocycles. The first-order chi connectivity index (χ1) is 27.5. The molecule has 0 aliphatic rings. The molecule has 0 aromatic rings. The van der Waals surface area contributed by atoms with Crippen LogP contribution in [0, 0.1) is 0 Å². The quantitative estimate of drug-likeness (QED) is 0.0421. The Morgan fingerprint density at radius 3 is 1.09 bits per heavy atom. The van der Waals surface area contributed by atoms with Gasteiger partial charge in [-0.25, -0.2) is 0 Å². The van der Waals surface area contributed by atoms with Crippen LogP contribution < -0.4 is 5.32 Å². The summed E-state index contributed by atoms with van der Waals surface area (Å²) in [6, 6.07) is -0.554. The van der Waals surface area contributed by atoms with Crippen molar-refractivity contribution in [3.8, 4) is 0 Å². The van der Waals surface area contributed by atoms with E-state index in [1.165, 1.54) is 193 Å². The predicted molar refractivity (Wildman–Crippen MR) is 241 cm³/mol. The van der Waals surface area contributed by atoms with Crippen molar-refractivity contribution >= 4 is 11.9 Å². The molecule has 0 aliphatic heterocycles. The van der Waals surface area contributed by atoms with Crippen LogP contribution in [0.3, 0.4) is 0 Å². The number of nitrogens with one attached hydrogen (secondary N) is 1. The zero-order valence-corrected chi connectivity index (χ0v) is 37.9. The van der Waals surface area contributed by atoms with Crippen molar-refractivity contribution in [2.75, 3.05) is 13.2 Å². The minimum Gasteiger partial charge on any atom is -0.466 e. The maximum absolute atomic E-state index is 12.4. The number of carbonyl (C=O) groups is 2. The number of ether oxygens (including phenoxy) is 1. The molecular formula is C50H99NO5. The van der Waals surface area contributed by atoms with E-state index < -0.39 is 12.1 Å². The lowest BCUT2D eigenvalue weighted by Crippen LogP contribution is -2.45. The molecule has 0 saturated heterocycles. The lowest BCUT2D eigenvalue weighted by molar-refractivity contribution is -0.143. The fourth-order valence-corrected chi connectivity index (χ4v) is 7.99. The first-order valence-corrected chi connectivity index (χ1v) is 25.3. The average molecular weight is 794 g/mol. The van der Waals surface area contributed by atoms with Gasteiger partial charge in [0.05, 0.1) is 25.4 Å². The van der Waals surface area contributed by atoms with Crippen LogP contribution in [-0.2, 0) is 14.3 Å². The Hall–Kier alpha value is -1.14. The number of unbranched alkanes of at least 4 members (excludes halogenated alkanes) is 36. The van der Waals surface area contributed by atoms with E-state index in [0.717, 1.165) is 57.8 Å². The van der Waals surface area contributed by atoms with Crippen molar-refractivity contribution in [1.82, 2.24) is 5.32 Å². The lowest BCUT2D eigenvalue weighted by atomic mass is 10.0. The number of hydrogen-bond acceptors (Lipinski definition) is 5. The summed E-state index contributed by atoms with van der Waals surface area (Å²) in [6.45, 7) is 4.90. The van der Waals surface area contributed by atoms with Gasteiger partial charge in [0, 0.05) is 12.8 Å². The molecule has 0 heterocycles. The Morgan fingerprint density at radius 1 is 0.429 bits per heavy atom. The van der Waals surface area contributed by atoms with Crippen LogP contribution in [0.25, 0.3) is 0 Å². The van der Waals surface area contributed by atoms with E-state index in [2.05, 4.69) is 19.2 Å². The van der Waals surface area contributed by atoms with Gasteiger partial charge in [0.2, 0.25) is 5.91 Å². The average Bonchev–Trinajstić information content (AvgIpc) is 3.20. The van der Waals surface area contributed by atoms with Crippen molar-refractivity contribution in [3.63, 3.8) is 0 Å². The van der Waals surface area contributed by atoms with E-state index in [1.54, 1.807) is 0 Å². The maximum atomic E-state index is 12.4. The summed E-state index contributed by atoms with van der Waals surface area (Å²) in [6.07, 6.45) is 50.7. The number of aliphatic hydroxyl groups is 2. The third kappa shape index (κ3) is 42.5. The van der Waals surface area contributed by atoms with Gasteiger partial charge in [0.25, 0.3) is 0 Å². The largest absolute Gasteiger partial charge is 0.466 e. The first kappa shape index (κ1) is 54.9. The van der Waals surface area contributed by atoms with Crippen LogP contribution in [0.5, 0.6) is 0 Å². The third-order valence-corrected chi connectivity index (χ3v) is 11.9. The Kier molecular flexibility index (Phi) is 45.6. The summed E-state index contributed by atoms with van der Waals surface area (Å²) in [5.74, 6) is -0.0718. The van der Waals surface area contributed by atoms with Crippen LogP contribution in [-0.4, -0.2) is 47.4 Å². The molecule has 0 aromatic heterocycles. The molecule has 6 nitrogen and oxygen atoms in total. The Bertz CT molecular complexity index is 791. The van der Waals surface area contributed by atoms with Crippen molar-refractivity contribution < 1.29 is 24.5 Å².